The number of amides is 2. The first-order valence-electron chi connectivity index (χ1n) is 9.97. The van der Waals surface area contributed by atoms with Crippen molar-refractivity contribution in [2.24, 2.45) is 0 Å². The number of carbonyl (C=O) groups is 2. The van der Waals surface area contributed by atoms with Crippen LogP contribution in [0.15, 0.2) is 36.4 Å². The number of benzene rings is 1. The van der Waals surface area contributed by atoms with E-state index < -0.39 is 0 Å². The quantitative estimate of drug-likeness (QED) is 0.747. The second-order valence-electron chi connectivity index (χ2n) is 7.08. The highest BCUT2D eigenvalue weighted by Gasteiger charge is 2.20. The largest absolute Gasteiger partial charge is 0.497 e. The highest BCUT2D eigenvalue weighted by molar-refractivity contribution is 6.03. The normalized spacial score (nSPS) is 14.2. The SMILES string of the molecule is COc1ccc(-c2ccc(C(=O)NCCN3CCOCC3)c(N(C)C(C)=O)n2)cc1. The van der Waals surface area contributed by atoms with E-state index in [-0.39, 0.29) is 11.8 Å². The Balaban J connectivity index is 1.78. The lowest BCUT2D eigenvalue weighted by atomic mass is 10.1. The van der Waals surface area contributed by atoms with Crippen molar-refractivity contribution in [2.75, 3.05) is 58.5 Å². The Bertz CT molecular complexity index is 879. The average molecular weight is 412 g/mol. The maximum absolute atomic E-state index is 12.8. The molecule has 8 heteroatoms. The third-order valence-electron chi connectivity index (χ3n) is 5.11. The van der Waals surface area contributed by atoms with Crippen molar-refractivity contribution in [2.45, 2.75) is 6.92 Å². The topological polar surface area (TPSA) is 84.0 Å². The molecule has 3 rings (SSSR count). The van der Waals surface area contributed by atoms with Crippen LogP contribution in [0.3, 0.4) is 0 Å². The van der Waals surface area contributed by atoms with Crippen molar-refractivity contribution in [1.82, 2.24) is 15.2 Å². The molecule has 0 aliphatic carbocycles. The van der Waals surface area contributed by atoms with Crippen LogP contribution >= 0.6 is 0 Å². The van der Waals surface area contributed by atoms with E-state index in [9.17, 15) is 9.59 Å². The molecule has 0 spiro atoms. The van der Waals surface area contributed by atoms with Gasteiger partial charge in [0, 0.05) is 45.7 Å². The fourth-order valence-corrected chi connectivity index (χ4v) is 3.20. The van der Waals surface area contributed by atoms with Gasteiger partial charge in [0.05, 0.1) is 31.6 Å². The van der Waals surface area contributed by atoms with E-state index in [0.29, 0.717) is 23.6 Å². The molecule has 1 aliphatic rings. The van der Waals surface area contributed by atoms with Crippen molar-refractivity contribution in [1.29, 1.82) is 0 Å². The number of hydrogen-bond acceptors (Lipinski definition) is 6. The average Bonchev–Trinajstić information content (AvgIpc) is 2.78. The van der Waals surface area contributed by atoms with Gasteiger partial charge in [-0.1, -0.05) is 0 Å². The highest BCUT2D eigenvalue weighted by Crippen LogP contribution is 2.25. The molecule has 0 bridgehead atoms. The lowest BCUT2D eigenvalue weighted by molar-refractivity contribution is -0.116. The molecule has 8 nitrogen and oxygen atoms in total. The zero-order valence-electron chi connectivity index (χ0n) is 17.7. The first kappa shape index (κ1) is 21.7. The van der Waals surface area contributed by atoms with E-state index in [4.69, 9.17) is 9.47 Å². The first-order chi connectivity index (χ1) is 14.5. The molecular formula is C22H28N4O4. The minimum Gasteiger partial charge on any atom is -0.497 e. The lowest BCUT2D eigenvalue weighted by Gasteiger charge is -2.26. The smallest absolute Gasteiger partial charge is 0.255 e. The second-order valence-corrected chi connectivity index (χ2v) is 7.08. The van der Waals surface area contributed by atoms with Gasteiger partial charge in [0.2, 0.25) is 5.91 Å². The molecule has 2 amide bonds. The fourth-order valence-electron chi connectivity index (χ4n) is 3.20. The molecule has 1 aromatic heterocycles. The molecule has 1 aliphatic heterocycles. The van der Waals surface area contributed by atoms with Gasteiger partial charge in [-0.15, -0.1) is 0 Å². The van der Waals surface area contributed by atoms with Crippen LogP contribution in [0.4, 0.5) is 5.82 Å². The van der Waals surface area contributed by atoms with Gasteiger partial charge in [-0.25, -0.2) is 4.98 Å². The van der Waals surface area contributed by atoms with Crippen LogP contribution in [-0.4, -0.2) is 75.2 Å². The van der Waals surface area contributed by atoms with Crippen LogP contribution in [0.25, 0.3) is 11.3 Å². The summed E-state index contributed by atoms with van der Waals surface area (Å²) >= 11 is 0. The van der Waals surface area contributed by atoms with Crippen LogP contribution in [0, 0.1) is 0 Å². The molecule has 0 unspecified atom stereocenters. The number of pyridine rings is 1. The summed E-state index contributed by atoms with van der Waals surface area (Å²) in [7, 11) is 3.23. The summed E-state index contributed by atoms with van der Waals surface area (Å²) in [6, 6.07) is 11.0. The molecule has 0 radical (unpaired) electrons. The Morgan fingerprint density at radius 2 is 1.87 bits per heavy atom. The molecule has 0 atom stereocenters. The van der Waals surface area contributed by atoms with Crippen molar-refractivity contribution < 1.29 is 19.1 Å². The molecule has 1 saturated heterocycles. The number of nitrogens with zero attached hydrogens (tertiary/aromatic N) is 3. The van der Waals surface area contributed by atoms with Gasteiger partial charge in [0.1, 0.15) is 11.6 Å². The van der Waals surface area contributed by atoms with Crippen LogP contribution in [-0.2, 0) is 9.53 Å². The van der Waals surface area contributed by atoms with Gasteiger partial charge in [-0.05, 0) is 36.4 Å². The number of ether oxygens (including phenoxy) is 2. The van der Waals surface area contributed by atoms with Crippen molar-refractivity contribution >= 4 is 17.6 Å². The van der Waals surface area contributed by atoms with E-state index >= 15 is 0 Å². The van der Waals surface area contributed by atoms with Crippen molar-refractivity contribution in [3.63, 3.8) is 0 Å². The Morgan fingerprint density at radius 1 is 1.17 bits per heavy atom. The molecule has 30 heavy (non-hydrogen) atoms. The monoisotopic (exact) mass is 412 g/mol. The number of rotatable bonds is 7. The van der Waals surface area contributed by atoms with Gasteiger partial charge in [0.15, 0.2) is 0 Å². The van der Waals surface area contributed by atoms with Gasteiger partial charge in [0.25, 0.3) is 5.91 Å². The van der Waals surface area contributed by atoms with Crippen LogP contribution in [0.2, 0.25) is 0 Å². The summed E-state index contributed by atoms with van der Waals surface area (Å²) in [5, 5.41) is 2.94. The molecule has 2 heterocycles. The van der Waals surface area contributed by atoms with Crippen molar-refractivity contribution in [3.05, 3.63) is 42.0 Å². The maximum atomic E-state index is 12.8. The van der Waals surface area contributed by atoms with E-state index in [1.807, 2.05) is 24.3 Å². The fraction of sp³-hybridized carbons (Fsp3) is 0.409. The minimum atomic E-state index is -0.250. The zero-order chi connectivity index (χ0) is 21.5. The number of hydrogen-bond donors (Lipinski definition) is 1. The van der Waals surface area contributed by atoms with Crippen LogP contribution < -0.4 is 15.0 Å². The van der Waals surface area contributed by atoms with E-state index in [1.165, 1.54) is 11.8 Å². The molecule has 0 saturated carbocycles. The summed E-state index contributed by atoms with van der Waals surface area (Å²) in [4.78, 5) is 33.1. The maximum Gasteiger partial charge on any atom is 0.255 e. The highest BCUT2D eigenvalue weighted by atomic mass is 16.5. The van der Waals surface area contributed by atoms with Gasteiger partial charge < -0.3 is 14.8 Å². The van der Waals surface area contributed by atoms with E-state index in [1.54, 1.807) is 26.3 Å². The van der Waals surface area contributed by atoms with E-state index in [0.717, 1.165) is 44.2 Å². The number of methoxy groups -OCH3 is 1. The summed E-state index contributed by atoms with van der Waals surface area (Å²) in [5.74, 6) is 0.632. The molecular weight excluding hydrogens is 384 g/mol. The van der Waals surface area contributed by atoms with Gasteiger partial charge >= 0.3 is 0 Å². The Kier molecular flexibility index (Phi) is 7.37. The predicted molar refractivity (Wildman–Crippen MR) is 115 cm³/mol. The minimum absolute atomic E-state index is 0.197. The number of morpholine rings is 1. The summed E-state index contributed by atoms with van der Waals surface area (Å²) in [6.45, 7) is 5.89. The Morgan fingerprint density at radius 3 is 2.50 bits per heavy atom. The zero-order valence-corrected chi connectivity index (χ0v) is 17.7. The van der Waals surface area contributed by atoms with Gasteiger partial charge in [-0.2, -0.15) is 0 Å². The number of carbonyl (C=O) groups excluding carboxylic acids is 2. The van der Waals surface area contributed by atoms with E-state index in [2.05, 4.69) is 15.2 Å². The number of aromatic nitrogens is 1. The predicted octanol–water partition coefficient (Wildman–Crippen LogP) is 1.80. The summed E-state index contributed by atoms with van der Waals surface area (Å²) < 4.78 is 10.5. The number of anilines is 1. The number of nitrogens with one attached hydrogen (secondary N) is 1. The molecule has 2 aromatic rings. The molecule has 1 fully saturated rings. The third kappa shape index (κ3) is 5.34. The van der Waals surface area contributed by atoms with Crippen LogP contribution in [0.5, 0.6) is 5.75 Å². The molecule has 1 aromatic carbocycles. The third-order valence-corrected chi connectivity index (χ3v) is 5.11. The standard InChI is InChI=1S/C22H28N4O4/c1-16(27)25(2)21-19(22(28)23-10-11-26-12-14-30-15-13-26)8-9-20(24-21)17-4-6-18(29-3)7-5-17/h4-9H,10-15H2,1-3H3,(H,23,28). The second kappa shape index (κ2) is 10.2. The van der Waals surface area contributed by atoms with Gasteiger partial charge in [-0.3, -0.25) is 19.4 Å². The first-order valence-corrected chi connectivity index (χ1v) is 9.97. The Hall–Kier alpha value is -2.97. The molecule has 160 valence electrons. The summed E-state index contributed by atoms with van der Waals surface area (Å²) in [5.41, 5.74) is 1.91. The molecule has 1 N–H and O–H groups in total. The van der Waals surface area contributed by atoms with Crippen LogP contribution in [0.1, 0.15) is 17.3 Å². The Labute approximate surface area is 176 Å². The summed E-state index contributed by atoms with van der Waals surface area (Å²) in [6.07, 6.45) is 0. The lowest BCUT2D eigenvalue weighted by Crippen LogP contribution is -2.41. The van der Waals surface area contributed by atoms with Crippen molar-refractivity contribution in [3.8, 4) is 17.0 Å².